The molecule has 80 valence electrons. The van der Waals surface area contributed by atoms with E-state index in [0.29, 0.717) is 6.42 Å². The Morgan fingerprint density at radius 2 is 2.40 bits per heavy atom. The highest BCUT2D eigenvalue weighted by atomic mass is 79.9. The van der Waals surface area contributed by atoms with Crippen molar-refractivity contribution in [3.05, 3.63) is 36.9 Å². The minimum atomic E-state index is -0.439. The lowest BCUT2D eigenvalue weighted by Crippen LogP contribution is -1.98. The number of nitrogens with zero attached hydrogens (tertiary/aromatic N) is 1. The van der Waals surface area contributed by atoms with E-state index in [2.05, 4.69) is 20.9 Å². The van der Waals surface area contributed by atoms with Crippen LogP contribution in [0.3, 0.4) is 0 Å². The minimum absolute atomic E-state index is 0.439. The molecule has 2 rings (SSSR count). The van der Waals surface area contributed by atoms with Crippen LogP contribution in [0.1, 0.15) is 20.9 Å². The van der Waals surface area contributed by atoms with Gasteiger partial charge in [-0.05, 0) is 34.3 Å². The van der Waals surface area contributed by atoms with Crippen LogP contribution in [0.5, 0.6) is 0 Å². The van der Waals surface area contributed by atoms with Gasteiger partial charge in [-0.25, -0.2) is 4.98 Å². The normalized spacial score (nSPS) is 13.0. The van der Waals surface area contributed by atoms with Crippen molar-refractivity contribution in [1.29, 1.82) is 0 Å². The average Bonchev–Trinajstić information content (AvgIpc) is 2.77. The summed E-state index contributed by atoms with van der Waals surface area (Å²) in [7, 11) is 0. The van der Waals surface area contributed by atoms with Crippen molar-refractivity contribution in [2.45, 2.75) is 19.4 Å². The second-order valence-corrected chi connectivity index (χ2v) is 6.31. The Morgan fingerprint density at radius 1 is 1.60 bits per heavy atom. The Bertz CT molecular complexity index is 452. The first-order valence-corrected chi connectivity index (χ1v) is 6.98. The maximum absolute atomic E-state index is 9.99. The van der Waals surface area contributed by atoms with E-state index in [0.717, 1.165) is 14.4 Å². The smallest absolute Gasteiger partial charge is 0.0946 e. The second kappa shape index (κ2) is 4.74. The Labute approximate surface area is 105 Å². The third-order valence-electron chi connectivity index (χ3n) is 2.04. The number of hydrogen-bond acceptors (Lipinski definition) is 4. The molecule has 2 nitrogen and oxygen atoms in total. The van der Waals surface area contributed by atoms with Gasteiger partial charge >= 0.3 is 0 Å². The van der Waals surface area contributed by atoms with E-state index in [4.69, 9.17) is 0 Å². The van der Waals surface area contributed by atoms with Crippen LogP contribution in [-0.2, 0) is 6.42 Å². The molecular weight excluding hydrogens is 294 g/mol. The number of aryl methyl sites for hydroxylation is 1. The number of thiazole rings is 1. The lowest BCUT2D eigenvalue weighted by atomic mass is 10.2. The van der Waals surface area contributed by atoms with Crippen molar-refractivity contribution < 1.29 is 5.11 Å². The third-order valence-corrected chi connectivity index (χ3v) is 5.00. The molecule has 0 amide bonds. The van der Waals surface area contributed by atoms with Crippen LogP contribution >= 0.6 is 38.6 Å². The van der Waals surface area contributed by atoms with Gasteiger partial charge in [0, 0.05) is 22.0 Å². The molecule has 1 unspecified atom stereocenters. The maximum atomic E-state index is 9.99. The van der Waals surface area contributed by atoms with Gasteiger partial charge in [-0.3, -0.25) is 0 Å². The fourth-order valence-corrected chi connectivity index (χ4v) is 3.60. The molecule has 0 radical (unpaired) electrons. The summed E-state index contributed by atoms with van der Waals surface area (Å²) in [6, 6.07) is 2.00. The number of hydrogen-bond donors (Lipinski definition) is 1. The fraction of sp³-hybridized carbons (Fsp3) is 0.300. The van der Waals surface area contributed by atoms with E-state index in [9.17, 15) is 5.11 Å². The number of halogens is 1. The van der Waals surface area contributed by atoms with Crippen LogP contribution in [0.15, 0.2) is 22.1 Å². The molecule has 1 N–H and O–H groups in total. The largest absolute Gasteiger partial charge is 0.387 e. The van der Waals surface area contributed by atoms with Crippen LogP contribution < -0.4 is 0 Å². The predicted octanol–water partition coefficient (Wildman–Crippen LogP) is 3.55. The van der Waals surface area contributed by atoms with E-state index < -0.39 is 6.10 Å². The van der Waals surface area contributed by atoms with Gasteiger partial charge < -0.3 is 5.11 Å². The first-order chi connectivity index (χ1) is 7.16. The quantitative estimate of drug-likeness (QED) is 0.940. The maximum Gasteiger partial charge on any atom is 0.0946 e. The van der Waals surface area contributed by atoms with Crippen LogP contribution in [0.25, 0.3) is 0 Å². The van der Waals surface area contributed by atoms with Crippen LogP contribution in [-0.4, -0.2) is 10.1 Å². The summed E-state index contributed by atoms with van der Waals surface area (Å²) in [5.74, 6) is 0. The zero-order valence-corrected chi connectivity index (χ0v) is 11.3. The molecule has 5 heteroatoms. The van der Waals surface area contributed by atoms with Crippen LogP contribution in [0.2, 0.25) is 0 Å². The fourth-order valence-electron chi connectivity index (χ4n) is 1.28. The zero-order chi connectivity index (χ0) is 10.8. The van der Waals surface area contributed by atoms with Gasteiger partial charge in [0.1, 0.15) is 0 Å². The van der Waals surface area contributed by atoms with Gasteiger partial charge in [0.05, 0.1) is 16.0 Å². The van der Waals surface area contributed by atoms with Crippen LogP contribution in [0, 0.1) is 6.92 Å². The summed E-state index contributed by atoms with van der Waals surface area (Å²) in [4.78, 5) is 6.25. The molecule has 0 aliphatic heterocycles. The molecule has 0 aliphatic carbocycles. The SMILES string of the molecule is Cc1ncc(C(O)Cc2sccc2Br)s1. The van der Waals surface area contributed by atoms with Crippen molar-refractivity contribution in [1.82, 2.24) is 4.98 Å². The molecule has 0 saturated carbocycles. The predicted molar refractivity (Wildman–Crippen MR) is 67.5 cm³/mol. The minimum Gasteiger partial charge on any atom is -0.387 e. The first-order valence-electron chi connectivity index (χ1n) is 4.49. The molecule has 0 aromatic carbocycles. The molecule has 1 atom stereocenters. The molecule has 0 aliphatic rings. The van der Waals surface area contributed by atoms with E-state index in [1.54, 1.807) is 28.9 Å². The highest BCUT2D eigenvalue weighted by Gasteiger charge is 2.13. The Hall–Kier alpha value is -0.230. The molecule has 0 bridgehead atoms. The summed E-state index contributed by atoms with van der Waals surface area (Å²) >= 11 is 6.67. The standard InChI is InChI=1S/C10H10BrNOS2/c1-6-12-5-10(15-6)8(13)4-9-7(11)2-3-14-9/h2-3,5,8,13H,4H2,1H3. The molecule has 0 spiro atoms. The van der Waals surface area contributed by atoms with Gasteiger partial charge in [-0.2, -0.15) is 0 Å². The van der Waals surface area contributed by atoms with E-state index >= 15 is 0 Å². The van der Waals surface area contributed by atoms with Gasteiger partial charge in [0.2, 0.25) is 0 Å². The Kier molecular flexibility index (Phi) is 3.56. The van der Waals surface area contributed by atoms with E-state index in [1.807, 2.05) is 18.4 Å². The van der Waals surface area contributed by atoms with Gasteiger partial charge in [0.25, 0.3) is 0 Å². The lowest BCUT2D eigenvalue weighted by Gasteiger charge is -2.06. The number of aromatic nitrogens is 1. The summed E-state index contributed by atoms with van der Waals surface area (Å²) < 4.78 is 1.08. The van der Waals surface area contributed by atoms with Gasteiger partial charge in [-0.15, -0.1) is 22.7 Å². The number of aliphatic hydroxyl groups excluding tert-OH is 1. The molecule has 2 heterocycles. The third kappa shape index (κ3) is 2.66. The van der Waals surface area contributed by atoms with E-state index in [-0.39, 0.29) is 0 Å². The van der Waals surface area contributed by atoms with Gasteiger partial charge in [0.15, 0.2) is 0 Å². The average molecular weight is 304 g/mol. The van der Waals surface area contributed by atoms with Crippen molar-refractivity contribution >= 4 is 38.6 Å². The molecule has 2 aromatic rings. The highest BCUT2D eigenvalue weighted by molar-refractivity contribution is 9.10. The molecule has 0 saturated heterocycles. The number of aliphatic hydroxyl groups is 1. The molecular formula is C10H10BrNOS2. The first kappa shape index (κ1) is 11.3. The van der Waals surface area contributed by atoms with Crippen molar-refractivity contribution in [3.8, 4) is 0 Å². The number of thiophene rings is 1. The van der Waals surface area contributed by atoms with E-state index in [1.165, 1.54) is 4.88 Å². The molecule has 15 heavy (non-hydrogen) atoms. The Balaban J connectivity index is 2.10. The highest BCUT2D eigenvalue weighted by Crippen LogP contribution is 2.29. The monoisotopic (exact) mass is 303 g/mol. The van der Waals surface area contributed by atoms with Crippen molar-refractivity contribution in [3.63, 3.8) is 0 Å². The topological polar surface area (TPSA) is 33.1 Å². The molecule has 0 fully saturated rings. The van der Waals surface area contributed by atoms with Crippen LogP contribution in [0.4, 0.5) is 0 Å². The second-order valence-electron chi connectivity index (χ2n) is 3.19. The zero-order valence-electron chi connectivity index (χ0n) is 8.11. The summed E-state index contributed by atoms with van der Waals surface area (Å²) in [5.41, 5.74) is 0. The Morgan fingerprint density at radius 3 is 2.93 bits per heavy atom. The number of rotatable bonds is 3. The summed E-state index contributed by atoms with van der Waals surface area (Å²) in [5, 5.41) is 13.0. The van der Waals surface area contributed by atoms with Crippen molar-refractivity contribution in [2.75, 3.05) is 0 Å². The molecule has 2 aromatic heterocycles. The van der Waals surface area contributed by atoms with Gasteiger partial charge in [-0.1, -0.05) is 0 Å². The van der Waals surface area contributed by atoms with Crippen molar-refractivity contribution in [2.24, 2.45) is 0 Å². The summed E-state index contributed by atoms with van der Waals surface area (Å²) in [6.07, 6.45) is 1.97. The summed E-state index contributed by atoms with van der Waals surface area (Å²) in [6.45, 7) is 1.95. The lowest BCUT2D eigenvalue weighted by molar-refractivity contribution is 0.183.